The maximum Gasteiger partial charge on any atom is 0.164 e. The third kappa shape index (κ3) is 8.15. The van der Waals surface area contributed by atoms with Crippen molar-refractivity contribution in [3.63, 3.8) is 0 Å². The number of rotatable bonds is 9. The molecule has 1 N–H and O–H groups in total. The van der Waals surface area contributed by atoms with Gasteiger partial charge in [0.2, 0.25) is 0 Å². The average molecular weight is 893 g/mol. The summed E-state index contributed by atoms with van der Waals surface area (Å²) in [5, 5.41) is 14.8. The van der Waals surface area contributed by atoms with Crippen molar-refractivity contribution in [1.29, 1.82) is 0 Å². The number of thiophene rings is 1. The molecule has 0 aliphatic rings. The molecule has 0 amide bonds. The molecule has 6 aromatic rings. The third-order valence-corrected chi connectivity index (χ3v) is 12.1. The predicted molar refractivity (Wildman–Crippen MR) is 218 cm³/mol. The number of allylic oxidation sites excluding steroid dienone is 2. The number of aromatic nitrogens is 1. The molecule has 0 atom stereocenters. The summed E-state index contributed by atoms with van der Waals surface area (Å²) >= 11 is 1.74. The fraction of sp³-hybridized carbons (Fsp3) is 0.391. The number of fused-ring (bicyclic) bond motifs is 3. The Morgan fingerprint density at radius 3 is 2.04 bits per heavy atom. The number of aryl methyl sites for hydroxylation is 2. The van der Waals surface area contributed by atoms with Gasteiger partial charge in [-0.05, 0) is 62.6 Å². The van der Waals surface area contributed by atoms with Crippen LogP contribution in [0.3, 0.4) is 0 Å². The van der Waals surface area contributed by atoms with Crippen LogP contribution in [0.2, 0.25) is 0 Å². The molecule has 3 heterocycles. The average Bonchev–Trinajstić information content (AvgIpc) is 3.67. The summed E-state index contributed by atoms with van der Waals surface area (Å²) in [7, 11) is 0. The Hall–Kier alpha value is -3.57. The smallest absolute Gasteiger partial charge is 0.164 e. The van der Waals surface area contributed by atoms with Gasteiger partial charge in [0, 0.05) is 63.9 Å². The van der Waals surface area contributed by atoms with Gasteiger partial charge in [-0.1, -0.05) is 116 Å². The number of ketones is 1. The van der Waals surface area contributed by atoms with Crippen molar-refractivity contribution in [2.45, 2.75) is 107 Å². The molecule has 3 aromatic heterocycles. The Bertz CT molecular complexity index is 2220. The zero-order valence-electron chi connectivity index (χ0n) is 32.7. The molecule has 52 heavy (non-hydrogen) atoms. The van der Waals surface area contributed by atoms with E-state index >= 15 is 0 Å². The molecular formula is C46H54IrNO3S-. The summed E-state index contributed by atoms with van der Waals surface area (Å²) < 4.78 is 6.15. The number of para-hydroxylation sites is 1. The number of pyridine rings is 1. The van der Waals surface area contributed by atoms with Crippen LogP contribution >= 0.6 is 11.3 Å². The van der Waals surface area contributed by atoms with E-state index in [4.69, 9.17) is 9.40 Å². The van der Waals surface area contributed by atoms with Gasteiger partial charge in [0.25, 0.3) is 0 Å². The van der Waals surface area contributed by atoms with Crippen molar-refractivity contribution in [3.05, 3.63) is 101 Å². The monoisotopic (exact) mass is 893 g/mol. The number of benzene rings is 3. The number of carbonyl (C=O) groups excluding carboxylic acids is 1. The topological polar surface area (TPSA) is 63.3 Å². The van der Waals surface area contributed by atoms with Crippen molar-refractivity contribution in [3.8, 4) is 22.4 Å². The van der Waals surface area contributed by atoms with Crippen LogP contribution in [0.1, 0.15) is 104 Å². The van der Waals surface area contributed by atoms with Crippen LogP contribution in [-0.4, -0.2) is 15.9 Å². The Balaban J connectivity index is 0.000000289. The summed E-state index contributed by atoms with van der Waals surface area (Å²) in [5.74, 6) is 1.22. The molecule has 3 aromatic carbocycles. The van der Waals surface area contributed by atoms with Gasteiger partial charge in [0.15, 0.2) is 5.78 Å². The summed E-state index contributed by atoms with van der Waals surface area (Å²) in [6, 6.07) is 27.2. The molecule has 6 rings (SSSR count). The van der Waals surface area contributed by atoms with Gasteiger partial charge in [-0.3, -0.25) is 9.78 Å². The molecule has 0 aliphatic carbocycles. The fourth-order valence-corrected chi connectivity index (χ4v) is 7.56. The minimum atomic E-state index is -0.337. The Kier molecular flexibility index (Phi) is 12.8. The zero-order chi connectivity index (χ0) is 37.3. The van der Waals surface area contributed by atoms with E-state index in [1.807, 2.05) is 53.7 Å². The van der Waals surface area contributed by atoms with Crippen LogP contribution in [0.4, 0.5) is 0 Å². The minimum Gasteiger partial charge on any atom is -0.512 e. The van der Waals surface area contributed by atoms with Crippen LogP contribution in [0.15, 0.2) is 83.0 Å². The Morgan fingerprint density at radius 2 is 1.42 bits per heavy atom. The van der Waals surface area contributed by atoms with Crippen molar-refractivity contribution in [2.24, 2.45) is 10.8 Å². The maximum absolute atomic E-state index is 12.2. The number of hydrogen-bond acceptors (Lipinski definition) is 5. The van der Waals surface area contributed by atoms with Gasteiger partial charge in [0.05, 0.1) is 0 Å². The van der Waals surface area contributed by atoms with Gasteiger partial charge >= 0.3 is 0 Å². The van der Waals surface area contributed by atoms with E-state index in [2.05, 4.69) is 95.3 Å². The molecule has 0 bridgehead atoms. The second-order valence-electron chi connectivity index (χ2n) is 15.5. The number of hydrogen-bond donors (Lipinski definition) is 1. The van der Waals surface area contributed by atoms with E-state index in [9.17, 15) is 9.90 Å². The molecule has 1 radical (unpaired) electrons. The molecular weight excluding hydrogens is 839 g/mol. The van der Waals surface area contributed by atoms with Crippen molar-refractivity contribution in [1.82, 2.24) is 4.98 Å². The van der Waals surface area contributed by atoms with E-state index in [1.54, 1.807) is 11.3 Å². The van der Waals surface area contributed by atoms with Gasteiger partial charge in [-0.25, -0.2) is 0 Å². The zero-order valence-corrected chi connectivity index (χ0v) is 35.9. The summed E-state index contributed by atoms with van der Waals surface area (Å²) in [4.78, 5) is 19.6. The largest absolute Gasteiger partial charge is 0.512 e. The van der Waals surface area contributed by atoms with E-state index in [0.29, 0.717) is 0 Å². The number of aliphatic hydroxyl groups excluding tert-OH is 1. The van der Waals surface area contributed by atoms with Crippen LogP contribution in [0.5, 0.6) is 0 Å². The molecule has 0 fully saturated rings. The third-order valence-electron chi connectivity index (χ3n) is 11.1. The Labute approximate surface area is 328 Å². The SMILES string of the molecule is CCC(C)(CC)C(=O)/C=C(\O)C(C)(CC)CC.Cc1cc2c(-c3c(C)oc4ccccc34)cc(-c3[c-]c4ccccc4c(C(C)(C)C)c3)nc2s1.[Ir]. The van der Waals surface area contributed by atoms with E-state index < -0.39 is 0 Å². The van der Waals surface area contributed by atoms with E-state index in [0.717, 1.165) is 69.5 Å². The first-order chi connectivity index (χ1) is 24.1. The number of furan rings is 1. The minimum absolute atomic E-state index is 0. The molecule has 0 spiro atoms. The molecule has 277 valence electrons. The first-order valence-electron chi connectivity index (χ1n) is 18.4. The second kappa shape index (κ2) is 16.2. The number of carbonyl (C=O) groups is 1. The molecule has 0 aliphatic heterocycles. The van der Waals surface area contributed by atoms with Gasteiger partial charge in [-0.2, -0.15) is 0 Å². The number of aliphatic hydroxyl groups is 1. The molecule has 6 heteroatoms. The second-order valence-corrected chi connectivity index (χ2v) is 16.7. The van der Waals surface area contributed by atoms with Crippen LogP contribution in [0.25, 0.3) is 54.3 Å². The Morgan fingerprint density at radius 1 is 0.827 bits per heavy atom. The molecule has 4 nitrogen and oxygen atoms in total. The summed E-state index contributed by atoms with van der Waals surface area (Å²) in [6.45, 7) is 23.1. The molecule has 0 saturated heterocycles. The van der Waals surface area contributed by atoms with Gasteiger partial charge < -0.3 is 9.52 Å². The van der Waals surface area contributed by atoms with Crippen LogP contribution in [0, 0.1) is 30.7 Å². The van der Waals surface area contributed by atoms with Crippen LogP contribution in [-0.2, 0) is 30.3 Å². The maximum atomic E-state index is 12.2. The van der Waals surface area contributed by atoms with E-state index in [-0.39, 0.29) is 47.9 Å². The summed E-state index contributed by atoms with van der Waals surface area (Å²) in [5.41, 5.74) is 5.94. The number of nitrogens with zero attached hydrogens (tertiary/aromatic N) is 1. The normalized spacial score (nSPS) is 12.6. The summed E-state index contributed by atoms with van der Waals surface area (Å²) in [6.07, 6.45) is 4.75. The van der Waals surface area contributed by atoms with E-state index in [1.165, 1.54) is 32.9 Å². The fourth-order valence-electron chi connectivity index (χ4n) is 6.65. The van der Waals surface area contributed by atoms with Crippen molar-refractivity contribution >= 4 is 49.1 Å². The molecule has 0 saturated carbocycles. The first kappa shape index (κ1) is 41.2. The van der Waals surface area contributed by atoms with Crippen molar-refractivity contribution in [2.75, 3.05) is 0 Å². The van der Waals surface area contributed by atoms with Crippen LogP contribution < -0.4 is 0 Å². The quantitative estimate of drug-likeness (QED) is 0.0892. The van der Waals surface area contributed by atoms with Gasteiger partial charge in [-0.15, -0.1) is 40.5 Å². The van der Waals surface area contributed by atoms with Gasteiger partial charge in [0.1, 0.15) is 21.9 Å². The first-order valence-corrected chi connectivity index (χ1v) is 19.2. The standard InChI is InChI=1S/C31H26NOS.C15H28O2.Ir/c1-18-14-25-24(29-19(2)33-28-13-9-8-12-23(28)29)17-27(32-30(25)34-18)21-15-20-10-6-7-11-22(20)26(16-21)31(3,4)5;1-7-14(5,8-2)12(16)11-13(17)15(6,9-3)10-4;/h6-14,16-17H,1-5H3;11,16H,7-10H2,1-6H3;/q-1;;/b;12-11-;. The molecule has 0 unspecified atom stereocenters. The van der Waals surface area contributed by atoms with Crippen molar-refractivity contribution < 1.29 is 34.4 Å². The predicted octanol–water partition coefficient (Wildman–Crippen LogP) is 13.9.